The zero-order valence-corrected chi connectivity index (χ0v) is 14.5. The normalized spacial score (nSPS) is 57.9. The molecule has 7 atom stereocenters. The van der Waals surface area contributed by atoms with Crippen LogP contribution in [-0.2, 0) is 4.79 Å². The summed E-state index contributed by atoms with van der Waals surface area (Å²) in [6.07, 6.45) is 9.95. The van der Waals surface area contributed by atoms with Crippen LogP contribution in [0.4, 0.5) is 0 Å². The van der Waals surface area contributed by atoms with Gasteiger partial charge >= 0.3 is 0 Å². The quantitative estimate of drug-likeness (QED) is 0.722. The summed E-state index contributed by atoms with van der Waals surface area (Å²) in [6, 6.07) is 0. The van der Waals surface area contributed by atoms with E-state index in [1.54, 1.807) is 0 Å². The predicted molar refractivity (Wildman–Crippen MR) is 87.4 cm³/mol. The van der Waals surface area contributed by atoms with Crippen LogP contribution in [0, 0.1) is 34.0 Å². The number of Topliss-reactive ketones (excluding diaryl/α,β-unsaturated/α-hetero) is 1. The van der Waals surface area contributed by atoms with E-state index in [4.69, 9.17) is 0 Å². The summed E-state index contributed by atoms with van der Waals surface area (Å²) in [4.78, 5) is 12.4. The lowest BCUT2D eigenvalue weighted by atomic mass is 9.40. The molecule has 0 heterocycles. The third-order valence-electron chi connectivity index (χ3n) is 9.06. The average Bonchev–Trinajstić information content (AvgIpc) is 2.76. The standard InChI is InChI=1S/C20H32O2/c1-18-9-7-14-15-4-5-17(22)19(15,2)10-8-16(14)20(18,3)11-6-13(21)12-18/h13-16,21H,4-12H2,1-3H3/t13-,14+,15+,16+,18-,19+,20-/m1/s1. The molecular formula is C20H32O2. The van der Waals surface area contributed by atoms with Gasteiger partial charge in [-0.05, 0) is 80.0 Å². The highest BCUT2D eigenvalue weighted by Crippen LogP contribution is 2.69. The number of rotatable bonds is 0. The minimum Gasteiger partial charge on any atom is -0.393 e. The highest BCUT2D eigenvalue weighted by molar-refractivity contribution is 5.87. The summed E-state index contributed by atoms with van der Waals surface area (Å²) in [7, 11) is 0. The van der Waals surface area contributed by atoms with E-state index < -0.39 is 0 Å². The molecule has 22 heavy (non-hydrogen) atoms. The lowest BCUT2D eigenvalue weighted by Crippen LogP contribution is -2.58. The SMILES string of the molecule is C[C@]12CC[C@H]3[C@@H]4CCC(=O)[C@@]4(C)CC[C@@H]3[C@@]1(C)CC[C@@H](O)C2. The summed E-state index contributed by atoms with van der Waals surface area (Å²) in [6.45, 7) is 7.23. The van der Waals surface area contributed by atoms with Crippen molar-refractivity contribution in [1.29, 1.82) is 0 Å². The molecule has 0 saturated heterocycles. The van der Waals surface area contributed by atoms with Crippen molar-refractivity contribution in [2.75, 3.05) is 0 Å². The Labute approximate surface area is 135 Å². The van der Waals surface area contributed by atoms with Gasteiger partial charge in [-0.3, -0.25) is 4.79 Å². The van der Waals surface area contributed by atoms with Crippen molar-refractivity contribution in [3.63, 3.8) is 0 Å². The molecule has 0 aromatic carbocycles. The van der Waals surface area contributed by atoms with Gasteiger partial charge in [-0.15, -0.1) is 0 Å². The van der Waals surface area contributed by atoms with Crippen molar-refractivity contribution in [2.24, 2.45) is 34.0 Å². The maximum absolute atomic E-state index is 12.4. The van der Waals surface area contributed by atoms with Crippen LogP contribution in [0.3, 0.4) is 0 Å². The molecule has 4 fully saturated rings. The van der Waals surface area contributed by atoms with E-state index >= 15 is 0 Å². The number of ketones is 1. The van der Waals surface area contributed by atoms with Crippen molar-refractivity contribution in [3.05, 3.63) is 0 Å². The summed E-state index contributed by atoms with van der Waals surface area (Å²) in [5, 5.41) is 10.2. The van der Waals surface area contributed by atoms with Crippen molar-refractivity contribution in [3.8, 4) is 0 Å². The largest absolute Gasteiger partial charge is 0.393 e. The van der Waals surface area contributed by atoms with Gasteiger partial charge in [-0.25, -0.2) is 0 Å². The van der Waals surface area contributed by atoms with Crippen LogP contribution < -0.4 is 0 Å². The monoisotopic (exact) mass is 304 g/mol. The molecule has 4 saturated carbocycles. The number of aliphatic hydroxyl groups is 1. The highest BCUT2D eigenvalue weighted by atomic mass is 16.3. The highest BCUT2D eigenvalue weighted by Gasteiger charge is 2.63. The Kier molecular flexibility index (Phi) is 3.16. The second-order valence-corrected chi connectivity index (χ2v) is 9.71. The first-order valence-electron chi connectivity index (χ1n) is 9.52. The Hall–Kier alpha value is -0.370. The minimum atomic E-state index is -0.0865. The fraction of sp³-hybridized carbons (Fsp3) is 0.950. The lowest BCUT2D eigenvalue weighted by Gasteiger charge is -2.64. The second-order valence-electron chi connectivity index (χ2n) is 9.71. The van der Waals surface area contributed by atoms with Crippen LogP contribution in [0.15, 0.2) is 0 Å². The van der Waals surface area contributed by atoms with Gasteiger partial charge in [0.15, 0.2) is 0 Å². The predicted octanol–water partition coefficient (Wildman–Crippen LogP) is 4.35. The van der Waals surface area contributed by atoms with Crippen LogP contribution in [0.5, 0.6) is 0 Å². The summed E-state index contributed by atoms with van der Waals surface area (Å²) < 4.78 is 0. The molecule has 0 radical (unpaired) electrons. The fourth-order valence-electron chi connectivity index (χ4n) is 7.38. The molecule has 4 aliphatic rings. The van der Waals surface area contributed by atoms with Crippen LogP contribution in [0.2, 0.25) is 0 Å². The molecule has 0 spiro atoms. The number of hydrogen-bond acceptors (Lipinski definition) is 2. The van der Waals surface area contributed by atoms with Crippen LogP contribution in [0.25, 0.3) is 0 Å². The Bertz CT molecular complexity index is 500. The Morgan fingerprint density at radius 1 is 0.955 bits per heavy atom. The first kappa shape index (κ1) is 15.2. The second kappa shape index (κ2) is 4.59. The third-order valence-corrected chi connectivity index (χ3v) is 9.06. The first-order chi connectivity index (χ1) is 10.3. The van der Waals surface area contributed by atoms with E-state index in [9.17, 15) is 9.90 Å². The van der Waals surface area contributed by atoms with Gasteiger partial charge in [0.05, 0.1) is 6.10 Å². The van der Waals surface area contributed by atoms with E-state index in [1.807, 2.05) is 0 Å². The molecule has 0 aromatic rings. The molecule has 2 heteroatoms. The van der Waals surface area contributed by atoms with Gasteiger partial charge < -0.3 is 5.11 Å². The molecule has 124 valence electrons. The number of aliphatic hydroxyl groups excluding tert-OH is 1. The number of hydrogen-bond donors (Lipinski definition) is 1. The van der Waals surface area contributed by atoms with Crippen molar-refractivity contribution in [2.45, 2.75) is 84.7 Å². The van der Waals surface area contributed by atoms with E-state index in [0.29, 0.717) is 22.5 Å². The average molecular weight is 304 g/mol. The van der Waals surface area contributed by atoms with Gasteiger partial charge in [0.25, 0.3) is 0 Å². The Balaban J connectivity index is 1.68. The molecule has 0 aromatic heterocycles. The van der Waals surface area contributed by atoms with Crippen LogP contribution in [0.1, 0.15) is 78.6 Å². The molecular weight excluding hydrogens is 272 g/mol. The van der Waals surface area contributed by atoms with E-state index in [2.05, 4.69) is 20.8 Å². The molecule has 0 bridgehead atoms. The van der Waals surface area contributed by atoms with Crippen molar-refractivity contribution >= 4 is 5.78 Å². The Morgan fingerprint density at radius 2 is 1.73 bits per heavy atom. The summed E-state index contributed by atoms with van der Waals surface area (Å²) >= 11 is 0. The maximum Gasteiger partial charge on any atom is 0.139 e. The first-order valence-corrected chi connectivity index (χ1v) is 9.52. The van der Waals surface area contributed by atoms with E-state index in [-0.39, 0.29) is 11.5 Å². The smallest absolute Gasteiger partial charge is 0.139 e. The molecule has 4 rings (SSSR count). The zero-order valence-electron chi connectivity index (χ0n) is 14.5. The summed E-state index contributed by atoms with van der Waals surface area (Å²) in [5.41, 5.74) is 0.684. The Morgan fingerprint density at radius 3 is 2.50 bits per heavy atom. The van der Waals surface area contributed by atoms with Gasteiger partial charge in [0.1, 0.15) is 5.78 Å². The number of carbonyl (C=O) groups excluding carboxylic acids is 1. The van der Waals surface area contributed by atoms with Gasteiger partial charge in [0.2, 0.25) is 0 Å². The molecule has 2 nitrogen and oxygen atoms in total. The van der Waals surface area contributed by atoms with Gasteiger partial charge in [-0.2, -0.15) is 0 Å². The number of fused-ring (bicyclic) bond motifs is 5. The van der Waals surface area contributed by atoms with Crippen molar-refractivity contribution in [1.82, 2.24) is 0 Å². The molecule has 4 aliphatic carbocycles. The molecule has 0 unspecified atom stereocenters. The molecule has 0 amide bonds. The van der Waals surface area contributed by atoms with Crippen molar-refractivity contribution < 1.29 is 9.90 Å². The minimum absolute atomic E-state index is 0.000547. The summed E-state index contributed by atoms with van der Waals surface area (Å²) in [5.74, 6) is 2.74. The van der Waals surface area contributed by atoms with Crippen LogP contribution in [-0.4, -0.2) is 17.0 Å². The fourth-order valence-corrected chi connectivity index (χ4v) is 7.38. The van der Waals surface area contributed by atoms with E-state index in [1.165, 1.54) is 25.7 Å². The topological polar surface area (TPSA) is 37.3 Å². The van der Waals surface area contributed by atoms with E-state index in [0.717, 1.165) is 43.9 Å². The van der Waals surface area contributed by atoms with Gasteiger partial charge in [-0.1, -0.05) is 20.8 Å². The zero-order chi connectivity index (χ0) is 15.8. The van der Waals surface area contributed by atoms with Gasteiger partial charge in [0, 0.05) is 11.8 Å². The third kappa shape index (κ3) is 1.74. The molecule has 0 aliphatic heterocycles. The van der Waals surface area contributed by atoms with Crippen LogP contribution >= 0.6 is 0 Å². The number of carbonyl (C=O) groups is 1. The maximum atomic E-state index is 12.4. The molecule has 1 N–H and O–H groups in total. The lowest BCUT2D eigenvalue weighted by molar-refractivity contribution is -0.169.